The second kappa shape index (κ2) is 4.23. The van der Waals surface area contributed by atoms with Crippen molar-refractivity contribution in [2.24, 2.45) is 5.73 Å². The molecular formula is C11H13N3O. The Hall–Kier alpha value is -1.68. The Bertz CT molecular complexity index is 458. The number of benzene rings is 1. The summed E-state index contributed by atoms with van der Waals surface area (Å²) in [5, 5.41) is 0. The van der Waals surface area contributed by atoms with Gasteiger partial charge in [-0.25, -0.2) is 0 Å². The number of ether oxygens (including phenoxy) is 1. The van der Waals surface area contributed by atoms with E-state index < -0.39 is 0 Å². The number of hydrogen-bond donors (Lipinski definition) is 1. The van der Waals surface area contributed by atoms with Crippen molar-refractivity contribution in [3.05, 3.63) is 30.6 Å². The predicted octanol–water partition coefficient (Wildman–Crippen LogP) is 1.36. The monoisotopic (exact) mass is 203 g/mol. The maximum Gasteiger partial charge on any atom is 0.122 e. The summed E-state index contributed by atoms with van der Waals surface area (Å²) >= 11 is 0. The summed E-state index contributed by atoms with van der Waals surface area (Å²) in [5.74, 6) is 0.779. The minimum atomic E-state index is 0.0131. The zero-order valence-corrected chi connectivity index (χ0v) is 8.55. The molecule has 0 aliphatic heterocycles. The first-order chi connectivity index (χ1) is 7.29. The Morgan fingerprint density at radius 1 is 1.27 bits per heavy atom. The third kappa shape index (κ3) is 2.22. The van der Waals surface area contributed by atoms with Crippen molar-refractivity contribution in [3.8, 4) is 5.75 Å². The molecule has 2 N–H and O–H groups in total. The highest BCUT2D eigenvalue weighted by Crippen LogP contribution is 2.17. The molecule has 0 aliphatic carbocycles. The number of fused-ring (bicyclic) bond motifs is 1. The summed E-state index contributed by atoms with van der Waals surface area (Å²) in [7, 11) is 0. The maximum atomic E-state index is 5.58. The van der Waals surface area contributed by atoms with Crippen LogP contribution < -0.4 is 10.5 Å². The van der Waals surface area contributed by atoms with Gasteiger partial charge in [0.2, 0.25) is 0 Å². The molecule has 0 amide bonds. The molecule has 4 nitrogen and oxygen atoms in total. The van der Waals surface area contributed by atoms with Crippen LogP contribution in [0.15, 0.2) is 30.6 Å². The van der Waals surface area contributed by atoms with Gasteiger partial charge >= 0.3 is 0 Å². The first-order valence-corrected chi connectivity index (χ1v) is 4.87. The van der Waals surface area contributed by atoms with E-state index in [1.807, 2.05) is 25.1 Å². The third-order valence-electron chi connectivity index (χ3n) is 2.11. The highest BCUT2D eigenvalue weighted by molar-refractivity contribution is 5.75. The number of hydrogen-bond acceptors (Lipinski definition) is 4. The molecule has 0 aliphatic rings. The van der Waals surface area contributed by atoms with E-state index in [2.05, 4.69) is 9.97 Å². The van der Waals surface area contributed by atoms with Crippen LogP contribution in [0.2, 0.25) is 0 Å². The van der Waals surface area contributed by atoms with Crippen molar-refractivity contribution < 1.29 is 4.74 Å². The Morgan fingerprint density at radius 3 is 2.73 bits per heavy atom. The van der Waals surface area contributed by atoms with E-state index in [9.17, 15) is 0 Å². The smallest absolute Gasteiger partial charge is 0.122 e. The molecule has 0 saturated heterocycles. The van der Waals surface area contributed by atoms with Gasteiger partial charge in [-0.05, 0) is 19.1 Å². The molecule has 0 saturated carbocycles. The van der Waals surface area contributed by atoms with Gasteiger partial charge in [0.05, 0.1) is 11.0 Å². The Morgan fingerprint density at radius 2 is 2.00 bits per heavy atom. The number of aromatic nitrogens is 2. The Kier molecular flexibility index (Phi) is 2.78. The minimum absolute atomic E-state index is 0.0131. The van der Waals surface area contributed by atoms with Crippen molar-refractivity contribution in [1.29, 1.82) is 0 Å². The van der Waals surface area contributed by atoms with Gasteiger partial charge in [-0.15, -0.1) is 0 Å². The van der Waals surface area contributed by atoms with Gasteiger partial charge in [-0.1, -0.05) is 0 Å². The molecule has 1 unspecified atom stereocenters. The summed E-state index contributed by atoms with van der Waals surface area (Å²) < 4.78 is 5.58. The van der Waals surface area contributed by atoms with Crippen LogP contribution in [-0.2, 0) is 0 Å². The molecule has 2 rings (SSSR count). The van der Waals surface area contributed by atoms with Crippen molar-refractivity contribution in [1.82, 2.24) is 9.97 Å². The largest absolute Gasteiger partial charge is 0.489 e. The predicted molar refractivity (Wildman–Crippen MR) is 58.7 cm³/mol. The quantitative estimate of drug-likeness (QED) is 0.818. The van der Waals surface area contributed by atoms with Crippen LogP contribution in [0.4, 0.5) is 0 Å². The summed E-state index contributed by atoms with van der Waals surface area (Å²) in [6, 6.07) is 5.64. The number of rotatable bonds is 3. The van der Waals surface area contributed by atoms with Gasteiger partial charge in [-0.2, -0.15) is 0 Å². The number of nitrogens with two attached hydrogens (primary N) is 1. The van der Waals surface area contributed by atoms with Crippen LogP contribution in [0.5, 0.6) is 5.75 Å². The van der Waals surface area contributed by atoms with Gasteiger partial charge in [0.15, 0.2) is 0 Å². The second-order valence-electron chi connectivity index (χ2n) is 3.37. The fourth-order valence-electron chi connectivity index (χ4n) is 1.30. The molecule has 4 heteroatoms. The zero-order valence-electron chi connectivity index (χ0n) is 8.55. The Balaban J connectivity index is 2.30. The molecule has 0 fully saturated rings. The molecule has 2 aromatic rings. The van der Waals surface area contributed by atoms with Crippen molar-refractivity contribution in [3.63, 3.8) is 0 Å². The minimum Gasteiger partial charge on any atom is -0.489 e. The van der Waals surface area contributed by atoms with Crippen LogP contribution in [0.25, 0.3) is 11.0 Å². The van der Waals surface area contributed by atoms with Crippen molar-refractivity contribution in [2.45, 2.75) is 13.0 Å². The molecule has 1 atom stereocenters. The van der Waals surface area contributed by atoms with E-state index in [1.165, 1.54) is 0 Å². The fourth-order valence-corrected chi connectivity index (χ4v) is 1.30. The van der Waals surface area contributed by atoms with E-state index in [0.29, 0.717) is 6.54 Å². The zero-order chi connectivity index (χ0) is 10.7. The lowest BCUT2D eigenvalue weighted by molar-refractivity contribution is 0.230. The van der Waals surface area contributed by atoms with Crippen LogP contribution in [0.3, 0.4) is 0 Å². The van der Waals surface area contributed by atoms with E-state index in [4.69, 9.17) is 10.5 Å². The second-order valence-corrected chi connectivity index (χ2v) is 3.37. The Labute approximate surface area is 88.1 Å². The first kappa shape index (κ1) is 9.86. The molecule has 0 spiro atoms. The van der Waals surface area contributed by atoms with E-state index in [0.717, 1.165) is 16.8 Å². The lowest BCUT2D eigenvalue weighted by Gasteiger charge is -2.12. The summed E-state index contributed by atoms with van der Waals surface area (Å²) in [6.45, 7) is 2.43. The van der Waals surface area contributed by atoms with Crippen LogP contribution in [-0.4, -0.2) is 22.6 Å². The summed E-state index contributed by atoms with van der Waals surface area (Å²) in [4.78, 5) is 8.38. The van der Waals surface area contributed by atoms with E-state index in [1.54, 1.807) is 12.4 Å². The van der Waals surface area contributed by atoms with Gasteiger partial charge in [0.1, 0.15) is 11.9 Å². The van der Waals surface area contributed by atoms with Crippen LogP contribution in [0, 0.1) is 0 Å². The molecular weight excluding hydrogens is 190 g/mol. The van der Waals surface area contributed by atoms with Crippen molar-refractivity contribution >= 4 is 11.0 Å². The van der Waals surface area contributed by atoms with Gasteiger partial charge in [0, 0.05) is 25.0 Å². The average molecular weight is 203 g/mol. The molecule has 0 bridgehead atoms. The molecule has 1 aromatic carbocycles. The topological polar surface area (TPSA) is 61.0 Å². The van der Waals surface area contributed by atoms with Gasteiger partial charge in [-0.3, -0.25) is 9.97 Å². The molecule has 1 heterocycles. The van der Waals surface area contributed by atoms with Gasteiger partial charge < -0.3 is 10.5 Å². The van der Waals surface area contributed by atoms with Crippen molar-refractivity contribution in [2.75, 3.05) is 6.54 Å². The van der Waals surface area contributed by atoms with Crippen LogP contribution >= 0.6 is 0 Å². The molecule has 1 aromatic heterocycles. The van der Waals surface area contributed by atoms with Gasteiger partial charge in [0.25, 0.3) is 0 Å². The lowest BCUT2D eigenvalue weighted by Crippen LogP contribution is -2.22. The normalized spacial score (nSPS) is 12.7. The average Bonchev–Trinajstić information content (AvgIpc) is 2.29. The standard InChI is InChI=1S/C11H13N3O/c1-8(7-12)15-9-2-3-10-11(6-9)14-5-4-13-10/h2-6,8H,7,12H2,1H3. The molecule has 78 valence electrons. The highest BCUT2D eigenvalue weighted by Gasteiger charge is 2.02. The maximum absolute atomic E-state index is 5.58. The SMILES string of the molecule is CC(CN)Oc1ccc2nccnc2c1. The third-order valence-corrected chi connectivity index (χ3v) is 2.11. The van der Waals surface area contributed by atoms with E-state index in [-0.39, 0.29) is 6.10 Å². The van der Waals surface area contributed by atoms with Crippen LogP contribution in [0.1, 0.15) is 6.92 Å². The summed E-state index contributed by atoms with van der Waals surface area (Å²) in [5.41, 5.74) is 7.18. The molecule has 15 heavy (non-hydrogen) atoms. The number of nitrogens with zero attached hydrogens (tertiary/aromatic N) is 2. The summed E-state index contributed by atoms with van der Waals surface area (Å²) in [6.07, 6.45) is 3.35. The lowest BCUT2D eigenvalue weighted by atomic mass is 10.3. The first-order valence-electron chi connectivity index (χ1n) is 4.87. The fraction of sp³-hybridized carbons (Fsp3) is 0.273. The highest BCUT2D eigenvalue weighted by atomic mass is 16.5. The molecule has 0 radical (unpaired) electrons. The van der Waals surface area contributed by atoms with E-state index >= 15 is 0 Å².